The Morgan fingerprint density at radius 2 is 1.87 bits per heavy atom. The lowest BCUT2D eigenvalue weighted by molar-refractivity contribution is -0.143. The van der Waals surface area contributed by atoms with E-state index in [2.05, 4.69) is 20.4 Å². The number of alkyl halides is 3. The Hall–Kier alpha value is -3.83. The van der Waals surface area contributed by atoms with Crippen LogP contribution >= 0.6 is 0 Å². The van der Waals surface area contributed by atoms with Crippen LogP contribution in [0, 0.1) is 0 Å². The van der Waals surface area contributed by atoms with Crippen molar-refractivity contribution in [2.24, 2.45) is 0 Å². The maximum absolute atomic E-state index is 13.5. The van der Waals surface area contributed by atoms with E-state index in [1.54, 1.807) is 18.2 Å². The molecule has 0 radical (unpaired) electrons. The summed E-state index contributed by atoms with van der Waals surface area (Å²) in [4.78, 5) is 19.6. The van der Waals surface area contributed by atoms with E-state index in [9.17, 15) is 18.0 Å². The lowest BCUT2D eigenvalue weighted by Gasteiger charge is -2.13. The number of hydrogen-bond acceptors (Lipinski definition) is 7. The van der Waals surface area contributed by atoms with Crippen molar-refractivity contribution in [1.29, 1.82) is 0 Å². The van der Waals surface area contributed by atoms with E-state index in [1.807, 2.05) is 0 Å². The smallest absolute Gasteiger partial charge is 0.437 e. The minimum Gasteiger partial charge on any atom is -0.497 e. The van der Waals surface area contributed by atoms with Gasteiger partial charge >= 0.3 is 12.3 Å². The van der Waals surface area contributed by atoms with Crippen molar-refractivity contribution in [2.75, 3.05) is 14.2 Å². The molecule has 0 aliphatic heterocycles. The van der Waals surface area contributed by atoms with Crippen LogP contribution in [0.5, 0.6) is 17.2 Å². The summed E-state index contributed by atoms with van der Waals surface area (Å²) in [5.74, 6) is -0.125. The molecule has 12 heteroatoms. The predicted molar refractivity (Wildman–Crippen MR) is 96.6 cm³/mol. The van der Waals surface area contributed by atoms with Gasteiger partial charge in [-0.25, -0.2) is 14.8 Å². The molecule has 158 valence electrons. The molecule has 30 heavy (non-hydrogen) atoms. The van der Waals surface area contributed by atoms with E-state index < -0.39 is 23.7 Å². The summed E-state index contributed by atoms with van der Waals surface area (Å²) in [6.07, 6.45) is -2.68. The SMILES string of the molecule is COc1ccc(CNC(=O)Oc2cnn(-c3ncccn3)c2C(F)(F)F)c(OC)c1. The number of halogens is 3. The molecule has 0 aliphatic rings. The number of aromatic nitrogens is 4. The molecule has 3 rings (SSSR count). The summed E-state index contributed by atoms with van der Waals surface area (Å²) in [7, 11) is 2.93. The summed E-state index contributed by atoms with van der Waals surface area (Å²) in [5, 5.41) is 5.97. The first-order chi connectivity index (χ1) is 14.3. The Morgan fingerprint density at radius 3 is 2.50 bits per heavy atom. The largest absolute Gasteiger partial charge is 0.497 e. The Labute approximate surface area is 168 Å². The average Bonchev–Trinajstić information content (AvgIpc) is 3.16. The predicted octanol–water partition coefficient (Wildman–Crippen LogP) is 2.99. The lowest BCUT2D eigenvalue weighted by atomic mass is 10.2. The minimum atomic E-state index is -4.87. The van der Waals surface area contributed by atoms with Gasteiger partial charge in [0.15, 0.2) is 11.4 Å². The Morgan fingerprint density at radius 1 is 1.13 bits per heavy atom. The monoisotopic (exact) mass is 423 g/mol. The second kappa shape index (κ2) is 8.68. The quantitative estimate of drug-likeness (QED) is 0.651. The molecule has 0 saturated carbocycles. The molecule has 0 atom stereocenters. The van der Waals surface area contributed by atoms with Gasteiger partial charge in [0.1, 0.15) is 11.5 Å². The number of nitrogens with one attached hydrogen (secondary N) is 1. The highest BCUT2D eigenvalue weighted by Crippen LogP contribution is 2.37. The van der Waals surface area contributed by atoms with Crippen LogP contribution in [0.2, 0.25) is 0 Å². The zero-order valence-electron chi connectivity index (χ0n) is 15.8. The Bertz CT molecular complexity index is 1020. The van der Waals surface area contributed by atoms with Crippen LogP contribution < -0.4 is 19.5 Å². The third kappa shape index (κ3) is 4.59. The number of carbonyl (C=O) groups excluding carboxylic acids is 1. The fourth-order valence-electron chi connectivity index (χ4n) is 2.52. The molecule has 0 bridgehead atoms. The third-order valence-electron chi connectivity index (χ3n) is 3.87. The zero-order valence-corrected chi connectivity index (χ0v) is 15.8. The number of ether oxygens (including phenoxy) is 3. The molecule has 0 unspecified atom stereocenters. The van der Waals surface area contributed by atoms with Crippen molar-refractivity contribution in [3.05, 3.63) is 54.1 Å². The molecule has 0 spiro atoms. The number of nitrogens with zero attached hydrogens (tertiary/aromatic N) is 4. The lowest BCUT2D eigenvalue weighted by Crippen LogP contribution is -2.27. The standard InChI is InChI=1S/C18H16F3N5O4/c1-28-12-5-4-11(13(8-12)29-2)9-24-17(27)30-14-10-25-26(15(14)18(19,20)21)16-22-6-3-7-23-16/h3-8,10H,9H2,1-2H3,(H,24,27). The minimum absolute atomic E-state index is 0.0523. The van der Waals surface area contributed by atoms with Crippen LogP contribution in [0.4, 0.5) is 18.0 Å². The highest BCUT2D eigenvalue weighted by Gasteiger charge is 2.41. The number of rotatable bonds is 6. The molecule has 1 N–H and O–H groups in total. The number of amides is 1. The van der Waals surface area contributed by atoms with Crippen molar-refractivity contribution >= 4 is 6.09 Å². The average molecular weight is 423 g/mol. The third-order valence-corrected chi connectivity index (χ3v) is 3.87. The second-order valence-electron chi connectivity index (χ2n) is 5.74. The molecule has 0 aliphatic carbocycles. The van der Waals surface area contributed by atoms with Gasteiger partial charge in [-0.15, -0.1) is 0 Å². The van der Waals surface area contributed by atoms with Crippen LogP contribution in [0.15, 0.2) is 42.9 Å². The van der Waals surface area contributed by atoms with Gasteiger partial charge in [0.05, 0.1) is 20.4 Å². The molecule has 1 amide bonds. The number of hydrogen-bond donors (Lipinski definition) is 1. The summed E-state index contributed by atoms with van der Waals surface area (Å²) < 4.78 is 56.2. The van der Waals surface area contributed by atoms with Gasteiger partial charge in [-0.3, -0.25) is 0 Å². The number of methoxy groups -OCH3 is 2. The van der Waals surface area contributed by atoms with Gasteiger partial charge in [0.2, 0.25) is 0 Å². The van der Waals surface area contributed by atoms with Crippen molar-refractivity contribution in [3.8, 4) is 23.2 Å². The van der Waals surface area contributed by atoms with Gasteiger partial charge in [0, 0.05) is 30.6 Å². The van der Waals surface area contributed by atoms with Gasteiger partial charge in [-0.1, -0.05) is 0 Å². The van der Waals surface area contributed by atoms with Crippen LogP contribution in [0.3, 0.4) is 0 Å². The number of carbonyl (C=O) groups is 1. The fourth-order valence-corrected chi connectivity index (χ4v) is 2.52. The van der Waals surface area contributed by atoms with Crippen molar-refractivity contribution in [3.63, 3.8) is 0 Å². The van der Waals surface area contributed by atoms with Crippen LogP contribution in [-0.4, -0.2) is 40.1 Å². The summed E-state index contributed by atoms with van der Waals surface area (Å²) in [6.45, 7) is -0.0523. The van der Waals surface area contributed by atoms with Gasteiger partial charge in [0.25, 0.3) is 5.95 Å². The van der Waals surface area contributed by atoms with E-state index in [0.29, 0.717) is 21.7 Å². The second-order valence-corrected chi connectivity index (χ2v) is 5.74. The van der Waals surface area contributed by atoms with E-state index in [1.165, 1.54) is 32.7 Å². The van der Waals surface area contributed by atoms with Gasteiger partial charge in [-0.2, -0.15) is 23.0 Å². The molecular formula is C18H16F3N5O4. The summed E-state index contributed by atoms with van der Waals surface area (Å²) in [5.41, 5.74) is -0.745. The molecule has 2 aromatic heterocycles. The molecular weight excluding hydrogens is 407 g/mol. The topological polar surface area (TPSA) is 100 Å². The molecule has 9 nitrogen and oxygen atoms in total. The Kier molecular flexibility index (Phi) is 6.04. The summed E-state index contributed by atoms with van der Waals surface area (Å²) in [6, 6.07) is 6.34. The maximum Gasteiger partial charge on any atom is 0.437 e. The first-order valence-electron chi connectivity index (χ1n) is 8.42. The van der Waals surface area contributed by atoms with Crippen molar-refractivity contribution in [1.82, 2.24) is 25.1 Å². The molecule has 2 heterocycles. The molecule has 0 fully saturated rings. The van der Waals surface area contributed by atoms with Crippen molar-refractivity contribution < 1.29 is 32.2 Å². The maximum atomic E-state index is 13.5. The van der Waals surface area contributed by atoms with Crippen LogP contribution in [0.25, 0.3) is 5.95 Å². The van der Waals surface area contributed by atoms with E-state index in [4.69, 9.17) is 14.2 Å². The fraction of sp³-hybridized carbons (Fsp3) is 0.222. The van der Waals surface area contributed by atoms with Gasteiger partial charge in [-0.05, 0) is 18.2 Å². The normalized spacial score (nSPS) is 11.1. The first kappa shape index (κ1) is 20.9. The first-order valence-corrected chi connectivity index (χ1v) is 8.42. The van der Waals surface area contributed by atoms with E-state index in [0.717, 1.165) is 6.20 Å². The van der Waals surface area contributed by atoms with Gasteiger partial charge < -0.3 is 19.5 Å². The number of benzene rings is 1. The zero-order chi connectivity index (χ0) is 21.7. The molecule has 3 aromatic rings. The van der Waals surface area contributed by atoms with E-state index >= 15 is 0 Å². The van der Waals surface area contributed by atoms with Crippen molar-refractivity contribution in [2.45, 2.75) is 12.7 Å². The van der Waals surface area contributed by atoms with E-state index in [-0.39, 0.29) is 12.5 Å². The van der Waals surface area contributed by atoms with Crippen LogP contribution in [-0.2, 0) is 12.7 Å². The highest BCUT2D eigenvalue weighted by atomic mass is 19.4. The van der Waals surface area contributed by atoms with Crippen LogP contribution in [0.1, 0.15) is 11.3 Å². The summed E-state index contributed by atoms with van der Waals surface area (Å²) >= 11 is 0. The Balaban J connectivity index is 1.77. The highest BCUT2D eigenvalue weighted by molar-refractivity contribution is 5.71. The molecule has 0 saturated heterocycles. The molecule has 1 aromatic carbocycles.